The van der Waals surface area contributed by atoms with Crippen LogP contribution in [0.1, 0.15) is 287 Å². The van der Waals surface area contributed by atoms with Gasteiger partial charge in [0.05, 0.1) is 0 Å². The van der Waals surface area contributed by atoms with E-state index in [1.165, 1.54) is 12.0 Å². The Morgan fingerprint density at radius 3 is 0.987 bits per heavy atom. The number of ether oxygens (including phenoxy) is 6. The molecule has 6 saturated carbocycles. The second-order valence-corrected chi connectivity index (χ2v) is 25.8. The first-order chi connectivity index (χ1) is 37.7. The molecule has 0 saturated heterocycles. The van der Waals surface area contributed by atoms with Gasteiger partial charge in [0.2, 0.25) is 0 Å². The lowest BCUT2D eigenvalue weighted by atomic mass is 9.74. The number of hydrogen-bond acceptors (Lipinski definition) is 12. The topological polar surface area (TPSA) is 158 Å². The maximum Gasteiger partial charge on any atom is 0.514 e. The van der Waals surface area contributed by atoms with E-state index < -0.39 is 35.3 Å². The molecule has 0 spiro atoms. The Balaban J connectivity index is 1.12. The fraction of sp³-hybridized carbons (Fsp3) is 0.642. The van der Waals surface area contributed by atoms with E-state index in [9.17, 15) is 28.8 Å². The highest BCUT2D eigenvalue weighted by Gasteiger charge is 2.39. The van der Waals surface area contributed by atoms with Crippen LogP contribution in [-0.4, -0.2) is 52.6 Å². The van der Waals surface area contributed by atoms with Gasteiger partial charge in [-0.2, -0.15) is 0 Å². The second-order valence-electron chi connectivity index (χ2n) is 25.8. The molecule has 0 bridgehead atoms. The van der Waals surface area contributed by atoms with Crippen LogP contribution < -0.4 is 14.2 Å². The number of ketones is 3. The monoisotopic (exact) mass is 1080 g/mol. The molecule has 6 fully saturated rings. The molecule has 12 nitrogen and oxygen atoms in total. The number of carbonyl (C=O) groups excluding carboxylic acids is 6. The molecule has 6 aliphatic carbocycles. The van der Waals surface area contributed by atoms with E-state index in [4.69, 9.17) is 28.4 Å². The molecule has 6 aliphatic rings. The van der Waals surface area contributed by atoms with Crippen LogP contribution in [-0.2, 0) is 28.6 Å². The lowest BCUT2D eigenvalue weighted by Gasteiger charge is -2.33. The van der Waals surface area contributed by atoms with E-state index in [1.54, 1.807) is 0 Å². The summed E-state index contributed by atoms with van der Waals surface area (Å²) in [4.78, 5) is 77.9. The molecule has 9 rings (SSSR count). The van der Waals surface area contributed by atoms with Crippen molar-refractivity contribution in [2.75, 3.05) is 0 Å². The first-order valence-corrected chi connectivity index (χ1v) is 30.5. The lowest BCUT2D eigenvalue weighted by molar-refractivity contribution is -0.126. The third-order valence-electron chi connectivity index (χ3n) is 19.4. The first-order valence-electron chi connectivity index (χ1n) is 30.5. The van der Waals surface area contributed by atoms with Gasteiger partial charge in [-0.05, 0) is 217 Å². The summed E-state index contributed by atoms with van der Waals surface area (Å²) >= 11 is 0. The predicted octanol–water partition coefficient (Wildman–Crippen LogP) is 17.3. The number of carbonyl (C=O) groups is 6. The van der Waals surface area contributed by atoms with Gasteiger partial charge in [0.25, 0.3) is 0 Å². The fourth-order valence-corrected chi connectivity index (χ4v) is 14.2. The minimum absolute atomic E-state index is 0.00476. The van der Waals surface area contributed by atoms with Crippen molar-refractivity contribution in [2.45, 2.75) is 275 Å². The van der Waals surface area contributed by atoms with Crippen molar-refractivity contribution >= 4 is 35.8 Å². The van der Waals surface area contributed by atoms with Crippen molar-refractivity contribution < 1.29 is 57.2 Å². The van der Waals surface area contributed by atoms with Crippen LogP contribution in [0.2, 0.25) is 0 Å². The molecule has 0 N–H and O–H groups in total. The summed E-state index contributed by atoms with van der Waals surface area (Å²) in [6.07, 6.45) is 19.5. The Hall–Kier alpha value is -5.52. The Morgan fingerprint density at radius 1 is 0.430 bits per heavy atom. The van der Waals surface area contributed by atoms with E-state index in [-0.39, 0.29) is 46.9 Å². The van der Waals surface area contributed by atoms with Gasteiger partial charge in [-0.25, -0.2) is 14.4 Å². The largest absolute Gasteiger partial charge is 0.514 e. The van der Waals surface area contributed by atoms with Crippen LogP contribution in [0.4, 0.5) is 14.4 Å². The molecule has 0 aliphatic heterocycles. The summed E-state index contributed by atoms with van der Waals surface area (Å²) in [5.74, 6) is 2.55. The quantitative estimate of drug-likeness (QED) is 0.0856. The Bertz CT molecular complexity index is 2600. The Morgan fingerprint density at radius 2 is 0.696 bits per heavy atom. The summed E-state index contributed by atoms with van der Waals surface area (Å²) in [5, 5.41) is 0. The van der Waals surface area contributed by atoms with Gasteiger partial charge in [-0.1, -0.05) is 82.9 Å². The summed E-state index contributed by atoms with van der Waals surface area (Å²) < 4.78 is 37.0. The molecule has 428 valence electrons. The number of rotatable bonds is 14. The molecular formula is C67H88O12. The zero-order chi connectivity index (χ0) is 56.1. The maximum absolute atomic E-state index is 13.9. The molecule has 1 unspecified atom stereocenters. The number of aryl methyl sites for hydroxylation is 3. The molecule has 12 heteroatoms. The van der Waals surface area contributed by atoms with Crippen LogP contribution in [0.25, 0.3) is 0 Å². The van der Waals surface area contributed by atoms with Gasteiger partial charge in [0.15, 0.2) is 0 Å². The van der Waals surface area contributed by atoms with E-state index in [0.717, 1.165) is 134 Å². The predicted molar refractivity (Wildman–Crippen MR) is 303 cm³/mol. The smallest absolute Gasteiger partial charge is 0.428 e. The molecule has 0 amide bonds. The molecule has 0 heterocycles. The molecule has 79 heavy (non-hydrogen) atoms. The van der Waals surface area contributed by atoms with Crippen LogP contribution in [0.15, 0.2) is 36.4 Å². The van der Waals surface area contributed by atoms with Crippen molar-refractivity contribution in [3.8, 4) is 17.2 Å². The van der Waals surface area contributed by atoms with E-state index in [2.05, 4.69) is 45.9 Å². The maximum atomic E-state index is 13.9. The van der Waals surface area contributed by atoms with Crippen molar-refractivity contribution in [3.05, 3.63) is 86.5 Å². The lowest BCUT2D eigenvalue weighted by Crippen LogP contribution is -2.37. The van der Waals surface area contributed by atoms with E-state index in [1.807, 2.05) is 39.0 Å². The Labute approximate surface area is 469 Å². The highest BCUT2D eigenvalue weighted by atomic mass is 16.7. The van der Waals surface area contributed by atoms with Gasteiger partial charge in [0, 0.05) is 44.4 Å². The summed E-state index contributed by atoms with van der Waals surface area (Å²) in [7, 11) is 0. The molecule has 0 aromatic heterocycles. The summed E-state index contributed by atoms with van der Waals surface area (Å²) in [5.41, 5.74) is 7.15. The number of hydrogen-bond donors (Lipinski definition) is 0. The zero-order valence-corrected chi connectivity index (χ0v) is 48.5. The molecule has 1 atom stereocenters. The van der Waals surface area contributed by atoms with Crippen LogP contribution in [0, 0.1) is 20.8 Å². The summed E-state index contributed by atoms with van der Waals surface area (Å²) in [6, 6.07) is 13.0. The van der Waals surface area contributed by atoms with Gasteiger partial charge in [-0.15, -0.1) is 0 Å². The third-order valence-corrected chi connectivity index (χ3v) is 19.4. The second kappa shape index (κ2) is 25.1. The van der Waals surface area contributed by atoms with Gasteiger partial charge in [0.1, 0.15) is 51.4 Å². The highest BCUT2D eigenvalue weighted by Crippen LogP contribution is 2.49. The van der Waals surface area contributed by atoms with Crippen LogP contribution >= 0.6 is 0 Å². The van der Waals surface area contributed by atoms with Crippen molar-refractivity contribution in [3.63, 3.8) is 0 Å². The van der Waals surface area contributed by atoms with Gasteiger partial charge < -0.3 is 28.4 Å². The average Bonchev–Trinajstić information content (AvgIpc) is 3.60. The normalized spacial score (nSPS) is 21.5. The SMILES string of the molecule is Cc1cc(OC(=O)OC2(C)CCC(=O)CC2)c(C2CCCCC2)cc1C(C)CC(c1cc(C2CCCCC2)c(OC(=O)OC2(C)CCC(=O)CC2)cc1C)c1cc(C2CCCCC2)c(OC(=O)OC2(C)CCC(=O)CC2)cc1C. The van der Waals surface area contributed by atoms with Crippen LogP contribution in [0.3, 0.4) is 0 Å². The van der Waals surface area contributed by atoms with Gasteiger partial charge in [-0.3, -0.25) is 14.4 Å². The summed E-state index contributed by atoms with van der Waals surface area (Å²) in [6.45, 7) is 14.3. The number of Topliss-reactive ketones (excluding diaryl/α,β-unsaturated/α-hetero) is 3. The first kappa shape index (κ1) is 58.1. The Kier molecular flexibility index (Phi) is 18.5. The van der Waals surface area contributed by atoms with Crippen molar-refractivity contribution in [1.29, 1.82) is 0 Å². The average molecular weight is 1090 g/mol. The number of benzene rings is 3. The van der Waals surface area contributed by atoms with Gasteiger partial charge >= 0.3 is 18.5 Å². The third kappa shape index (κ3) is 14.5. The highest BCUT2D eigenvalue weighted by molar-refractivity contribution is 5.81. The molecule has 0 radical (unpaired) electrons. The van der Waals surface area contributed by atoms with Crippen molar-refractivity contribution in [1.82, 2.24) is 0 Å². The van der Waals surface area contributed by atoms with E-state index >= 15 is 0 Å². The minimum Gasteiger partial charge on any atom is -0.428 e. The fourth-order valence-electron chi connectivity index (χ4n) is 14.2. The van der Waals surface area contributed by atoms with Crippen LogP contribution in [0.5, 0.6) is 17.2 Å². The molecule has 3 aromatic rings. The van der Waals surface area contributed by atoms with Crippen molar-refractivity contribution in [2.24, 2.45) is 0 Å². The molecule has 3 aromatic carbocycles. The molecular weight excluding hydrogens is 997 g/mol. The standard InChI is InChI=1S/C67H88O12/c1-42(52-39-55(46-17-11-8-12-18-46)59(36-43(52)2)74-62(71)77-65(5)29-23-49(68)24-30-65)35-58(53-40-56(47-19-13-9-14-20-47)60(37-44(53)3)75-63(72)78-66(6)31-25-50(69)26-32-66)54-41-57(48-21-15-10-16-22-48)61(38-45(54)4)76-64(73)79-67(7)33-27-51(70)28-34-67/h36-42,46-48,58H,8-35H2,1-7H3. The van der Waals surface area contributed by atoms with E-state index in [0.29, 0.717) is 101 Å². The zero-order valence-electron chi connectivity index (χ0n) is 48.5. The minimum atomic E-state index is -0.779.